The molecule has 0 aromatic heterocycles. The van der Waals surface area contributed by atoms with E-state index in [4.69, 9.17) is 4.74 Å². The summed E-state index contributed by atoms with van der Waals surface area (Å²) < 4.78 is 205. The minimum Gasteiger partial charge on any atom is -0.491 e. The number of aliphatic hydroxyl groups is 1. The van der Waals surface area contributed by atoms with Crippen LogP contribution >= 0.6 is 0 Å². The summed E-state index contributed by atoms with van der Waals surface area (Å²) in [6.07, 6.45) is -10.4. The summed E-state index contributed by atoms with van der Waals surface area (Å²) in [6.45, 7) is 3.63. The summed E-state index contributed by atoms with van der Waals surface area (Å²) in [7, 11) is 0. The van der Waals surface area contributed by atoms with Crippen LogP contribution in [0.1, 0.15) is 39.2 Å². The number of halogens is 15. The predicted octanol–water partition coefficient (Wildman–Crippen LogP) is 7.84. The Balaban J connectivity index is 3.42. The monoisotopic (exact) mass is 576 g/mol. The first kappa shape index (κ1) is 33.0. The smallest absolute Gasteiger partial charge is 0.460 e. The number of ether oxygens (including phenoxy) is 1. The van der Waals surface area contributed by atoms with Gasteiger partial charge in [0.1, 0.15) is 5.75 Å². The topological polar surface area (TPSA) is 29.5 Å². The molecule has 0 radical (unpaired) electrons. The van der Waals surface area contributed by atoms with Gasteiger partial charge in [0.2, 0.25) is 0 Å². The van der Waals surface area contributed by atoms with Crippen LogP contribution in [0.25, 0.3) is 0 Å². The first-order valence-corrected chi connectivity index (χ1v) is 9.97. The fourth-order valence-electron chi connectivity index (χ4n) is 2.85. The van der Waals surface area contributed by atoms with Crippen molar-refractivity contribution in [1.82, 2.24) is 0 Å². The molecule has 1 N–H and O–H groups in total. The van der Waals surface area contributed by atoms with Gasteiger partial charge in [-0.15, -0.1) is 0 Å². The Bertz CT molecular complexity index is 921. The first-order chi connectivity index (χ1) is 16.1. The van der Waals surface area contributed by atoms with Crippen molar-refractivity contribution in [2.75, 3.05) is 0 Å². The van der Waals surface area contributed by atoms with E-state index >= 15 is 0 Å². The number of hydrogen-bond donors (Lipinski definition) is 1. The van der Waals surface area contributed by atoms with Crippen molar-refractivity contribution in [2.45, 2.75) is 87.0 Å². The van der Waals surface area contributed by atoms with E-state index in [9.17, 15) is 71.0 Å². The van der Waals surface area contributed by atoms with Crippen LogP contribution in [0.4, 0.5) is 65.9 Å². The summed E-state index contributed by atoms with van der Waals surface area (Å²) >= 11 is 0. The van der Waals surface area contributed by atoms with Gasteiger partial charge in [0, 0.05) is 0 Å². The van der Waals surface area contributed by atoms with Crippen molar-refractivity contribution in [1.29, 1.82) is 0 Å². The van der Waals surface area contributed by atoms with Gasteiger partial charge in [-0.3, -0.25) is 0 Å². The van der Waals surface area contributed by atoms with Gasteiger partial charge >= 0.3 is 41.7 Å². The first-order valence-electron chi connectivity index (χ1n) is 9.97. The average Bonchev–Trinajstić information content (AvgIpc) is 2.71. The fraction of sp³-hybridized carbons (Fsp3) is 0.700. The van der Waals surface area contributed by atoms with E-state index in [-0.39, 0.29) is 11.9 Å². The molecule has 1 aromatic carbocycles. The van der Waals surface area contributed by atoms with Crippen molar-refractivity contribution >= 4 is 0 Å². The van der Waals surface area contributed by atoms with Gasteiger partial charge in [-0.25, -0.2) is 0 Å². The van der Waals surface area contributed by atoms with Gasteiger partial charge in [0.15, 0.2) is 0 Å². The summed E-state index contributed by atoms with van der Waals surface area (Å²) in [5.74, 6) is -47.1. The van der Waals surface area contributed by atoms with E-state index in [0.717, 1.165) is 24.3 Å². The number of rotatable bonds is 11. The molecule has 0 amide bonds. The molecule has 216 valence electrons. The normalized spacial score (nSPS) is 17.4. The molecule has 0 aliphatic rings. The number of hydrogen-bond acceptors (Lipinski definition) is 2. The van der Waals surface area contributed by atoms with Crippen molar-refractivity contribution in [3.63, 3.8) is 0 Å². The fourth-order valence-corrected chi connectivity index (χ4v) is 2.85. The van der Waals surface area contributed by atoms with Gasteiger partial charge in [-0.05, 0) is 38.0 Å². The second-order valence-corrected chi connectivity index (χ2v) is 8.39. The lowest BCUT2D eigenvalue weighted by Gasteiger charge is -2.42. The number of alkyl halides is 15. The third-order valence-electron chi connectivity index (χ3n) is 5.35. The summed E-state index contributed by atoms with van der Waals surface area (Å²) in [6, 6.07) is 3.57. The highest BCUT2D eigenvalue weighted by Gasteiger charge is 2.93. The van der Waals surface area contributed by atoms with Crippen LogP contribution in [0.2, 0.25) is 0 Å². The Kier molecular flexibility index (Phi) is 8.55. The minimum atomic E-state index is -8.37. The van der Waals surface area contributed by atoms with Crippen LogP contribution in [-0.2, 0) is 5.60 Å². The molecule has 1 aromatic rings. The molecule has 2 unspecified atom stereocenters. The highest BCUT2D eigenvalue weighted by atomic mass is 19.4. The SMILES string of the molecule is CCC(C)Oc1ccc(C(C)(O)CC(F)(F)C(F)(F)C(F)(F)C(F)(F)C(F)(F)C(F)(F)C(F)(F)F)cc1. The Morgan fingerprint density at radius 3 is 1.43 bits per heavy atom. The maximum Gasteiger partial charge on any atom is 0.460 e. The van der Waals surface area contributed by atoms with E-state index in [1.807, 2.05) is 0 Å². The molecule has 17 heteroatoms. The van der Waals surface area contributed by atoms with Gasteiger partial charge < -0.3 is 9.84 Å². The molecule has 0 aliphatic heterocycles. The van der Waals surface area contributed by atoms with Crippen molar-refractivity contribution < 1.29 is 75.7 Å². The predicted molar refractivity (Wildman–Crippen MR) is 96.7 cm³/mol. The van der Waals surface area contributed by atoms with E-state index < -0.39 is 59.3 Å². The second-order valence-electron chi connectivity index (χ2n) is 8.39. The third-order valence-corrected chi connectivity index (χ3v) is 5.35. The Morgan fingerprint density at radius 1 is 0.676 bits per heavy atom. The third kappa shape index (κ3) is 5.41. The van der Waals surface area contributed by atoms with Crippen LogP contribution in [0, 0.1) is 0 Å². The molecule has 0 heterocycles. The number of benzene rings is 1. The van der Waals surface area contributed by atoms with Crippen molar-refractivity contribution in [2.24, 2.45) is 0 Å². The maximum absolute atomic E-state index is 14.2. The minimum absolute atomic E-state index is 0.0602. The Hall–Kier alpha value is -2.07. The lowest BCUT2D eigenvalue weighted by atomic mass is 9.84. The van der Waals surface area contributed by atoms with Crippen LogP contribution in [-0.4, -0.2) is 52.9 Å². The molecule has 0 fully saturated rings. The van der Waals surface area contributed by atoms with Crippen LogP contribution in [0.15, 0.2) is 24.3 Å². The summed E-state index contributed by atoms with van der Waals surface area (Å²) in [5.41, 5.74) is -3.99. The highest BCUT2D eigenvalue weighted by molar-refractivity contribution is 5.31. The van der Waals surface area contributed by atoms with Crippen molar-refractivity contribution in [3.05, 3.63) is 29.8 Å². The largest absolute Gasteiger partial charge is 0.491 e. The lowest BCUT2D eigenvalue weighted by Crippen LogP contribution is -2.72. The molecule has 0 saturated heterocycles. The quantitative estimate of drug-likeness (QED) is 0.272. The molecule has 1 rings (SSSR count). The maximum atomic E-state index is 14.2. The molecule has 0 bridgehead atoms. The van der Waals surface area contributed by atoms with Crippen LogP contribution in [0.5, 0.6) is 5.75 Å². The van der Waals surface area contributed by atoms with E-state index in [1.165, 1.54) is 0 Å². The lowest BCUT2D eigenvalue weighted by molar-refractivity contribution is -0.453. The van der Waals surface area contributed by atoms with Crippen LogP contribution in [0.3, 0.4) is 0 Å². The zero-order chi connectivity index (χ0) is 29.7. The van der Waals surface area contributed by atoms with Gasteiger partial charge in [0.05, 0.1) is 18.1 Å². The molecule has 2 nitrogen and oxygen atoms in total. The van der Waals surface area contributed by atoms with Gasteiger partial charge in [-0.2, -0.15) is 65.9 Å². The Morgan fingerprint density at radius 2 is 1.05 bits per heavy atom. The second kappa shape index (κ2) is 9.59. The zero-order valence-electron chi connectivity index (χ0n) is 18.8. The zero-order valence-corrected chi connectivity index (χ0v) is 18.8. The Labute approximate surface area is 199 Å². The van der Waals surface area contributed by atoms with Gasteiger partial charge in [-0.1, -0.05) is 19.1 Å². The summed E-state index contributed by atoms with van der Waals surface area (Å²) in [4.78, 5) is 0. The molecule has 2 atom stereocenters. The molecule has 37 heavy (non-hydrogen) atoms. The summed E-state index contributed by atoms with van der Waals surface area (Å²) in [5, 5.41) is 10.2. The van der Waals surface area contributed by atoms with E-state index in [0.29, 0.717) is 13.3 Å². The average molecular weight is 576 g/mol. The molecule has 0 aliphatic carbocycles. The molecular weight excluding hydrogens is 557 g/mol. The molecule has 0 saturated carbocycles. The van der Waals surface area contributed by atoms with Crippen LogP contribution < -0.4 is 4.74 Å². The van der Waals surface area contributed by atoms with Crippen molar-refractivity contribution in [3.8, 4) is 5.75 Å². The molecular formula is C20H19F15O2. The molecule has 0 spiro atoms. The van der Waals surface area contributed by atoms with E-state index in [1.54, 1.807) is 13.8 Å². The van der Waals surface area contributed by atoms with E-state index in [2.05, 4.69) is 0 Å². The van der Waals surface area contributed by atoms with Gasteiger partial charge in [0.25, 0.3) is 0 Å². The standard InChI is InChI=1S/C20H19F15O2/c1-4-10(2)37-12-7-5-11(6-8-12)13(3,36)9-14(21,22)15(23,24)16(25,26)17(27,28)18(29,30)19(31,32)20(33,34)35/h5-8,10,36H,4,9H2,1-3H3. The highest BCUT2D eigenvalue weighted by Crippen LogP contribution is 2.63.